The Morgan fingerprint density at radius 2 is 2.31 bits per heavy atom. The maximum Gasteiger partial charge on any atom is 0.223 e. The molecule has 0 aliphatic rings. The van der Waals surface area contributed by atoms with E-state index >= 15 is 0 Å². The lowest BCUT2D eigenvalue weighted by atomic mass is 10.5. The van der Waals surface area contributed by atoms with Crippen molar-refractivity contribution in [2.24, 2.45) is 0 Å². The predicted molar refractivity (Wildman–Crippen MR) is 67.8 cm³/mol. The Kier molecular flexibility index (Phi) is 5.95. The molecule has 0 radical (unpaired) electrons. The zero-order valence-corrected chi connectivity index (χ0v) is 10.5. The average molecular weight is 242 g/mol. The number of rotatable bonds is 7. The van der Waals surface area contributed by atoms with Crippen LogP contribution in [0.3, 0.4) is 0 Å². The van der Waals surface area contributed by atoms with Gasteiger partial charge in [0.1, 0.15) is 10.8 Å². The molecule has 1 rings (SSSR count). The minimum Gasteiger partial charge on any atom is -0.385 e. The van der Waals surface area contributed by atoms with Crippen molar-refractivity contribution in [2.75, 3.05) is 37.1 Å². The summed E-state index contributed by atoms with van der Waals surface area (Å²) in [5.74, 6) is 2.06. The van der Waals surface area contributed by atoms with E-state index < -0.39 is 0 Å². The monoisotopic (exact) mass is 242 g/mol. The average Bonchev–Trinajstić information content (AvgIpc) is 2.24. The van der Waals surface area contributed by atoms with Crippen LogP contribution in [0.1, 0.15) is 13.3 Å². The van der Waals surface area contributed by atoms with E-state index in [1.54, 1.807) is 18.9 Å². The number of nitrogens with one attached hydrogen (secondary N) is 1. The molecule has 0 atom stereocenters. The summed E-state index contributed by atoms with van der Waals surface area (Å²) in [6.45, 7) is 3.61. The third-order valence-electron chi connectivity index (χ3n) is 1.82. The highest BCUT2D eigenvalue weighted by Crippen LogP contribution is 2.19. The van der Waals surface area contributed by atoms with E-state index in [9.17, 15) is 0 Å². The van der Waals surface area contributed by atoms with Gasteiger partial charge in [0.05, 0.1) is 0 Å². The summed E-state index contributed by atoms with van der Waals surface area (Å²) < 4.78 is 4.98. The van der Waals surface area contributed by atoms with Crippen molar-refractivity contribution in [1.82, 2.24) is 9.97 Å². The lowest BCUT2D eigenvalue weighted by Crippen LogP contribution is -2.04. The van der Waals surface area contributed by atoms with Gasteiger partial charge in [0.25, 0.3) is 0 Å². The number of nitrogens with two attached hydrogens (primary N) is 1. The summed E-state index contributed by atoms with van der Waals surface area (Å²) in [6, 6.07) is 1.91. The summed E-state index contributed by atoms with van der Waals surface area (Å²) in [5, 5.41) is 4.02. The predicted octanol–water partition coefficient (Wildman–Crippen LogP) is 1.62. The minimum absolute atomic E-state index is 0.313. The van der Waals surface area contributed by atoms with E-state index in [-0.39, 0.29) is 0 Å². The summed E-state index contributed by atoms with van der Waals surface area (Å²) in [5.41, 5.74) is 5.62. The number of hydrogen-bond donors (Lipinski definition) is 2. The van der Waals surface area contributed by atoms with Gasteiger partial charge in [-0.15, -0.1) is 11.8 Å². The first-order valence-corrected chi connectivity index (χ1v) is 6.25. The Balaban J connectivity index is 2.51. The Hall–Kier alpha value is -1.01. The summed E-state index contributed by atoms with van der Waals surface area (Å²) in [7, 11) is 1.70. The van der Waals surface area contributed by atoms with Crippen LogP contribution >= 0.6 is 11.8 Å². The molecule has 0 spiro atoms. The van der Waals surface area contributed by atoms with Crippen LogP contribution in [0.15, 0.2) is 11.1 Å². The van der Waals surface area contributed by atoms with Crippen molar-refractivity contribution >= 4 is 23.5 Å². The number of nitrogen functional groups attached to an aromatic ring is 1. The number of ether oxygens (including phenoxy) is 1. The third-order valence-corrected chi connectivity index (χ3v) is 2.82. The van der Waals surface area contributed by atoms with Gasteiger partial charge in [-0.2, -0.15) is 4.98 Å². The SMILES string of the molecule is CCNc1cc(SCCCOC)nc(N)n1. The zero-order valence-electron chi connectivity index (χ0n) is 9.69. The number of aromatic nitrogens is 2. The number of nitrogens with zero attached hydrogens (tertiary/aromatic N) is 2. The smallest absolute Gasteiger partial charge is 0.223 e. The molecule has 0 fully saturated rings. The molecule has 0 saturated carbocycles. The first-order valence-electron chi connectivity index (χ1n) is 5.26. The second-order valence-corrected chi connectivity index (χ2v) is 4.29. The zero-order chi connectivity index (χ0) is 11.8. The third kappa shape index (κ3) is 4.67. The Labute approximate surface area is 100 Å². The molecule has 0 aromatic carbocycles. The molecule has 3 N–H and O–H groups in total. The molecule has 0 unspecified atom stereocenters. The van der Waals surface area contributed by atoms with E-state index in [2.05, 4.69) is 15.3 Å². The molecule has 1 aromatic rings. The number of thioether (sulfide) groups is 1. The van der Waals surface area contributed by atoms with Crippen molar-refractivity contribution in [3.63, 3.8) is 0 Å². The van der Waals surface area contributed by atoms with Crippen LogP contribution in [-0.2, 0) is 4.74 Å². The van der Waals surface area contributed by atoms with Crippen molar-refractivity contribution in [3.8, 4) is 0 Å². The van der Waals surface area contributed by atoms with Gasteiger partial charge in [0.15, 0.2) is 0 Å². The fourth-order valence-electron chi connectivity index (χ4n) is 1.17. The van der Waals surface area contributed by atoms with E-state index in [0.717, 1.165) is 36.2 Å². The van der Waals surface area contributed by atoms with Crippen LogP contribution in [-0.4, -0.2) is 36.0 Å². The van der Waals surface area contributed by atoms with Crippen LogP contribution in [0.2, 0.25) is 0 Å². The Bertz CT molecular complexity index is 322. The number of hydrogen-bond acceptors (Lipinski definition) is 6. The van der Waals surface area contributed by atoms with Crippen molar-refractivity contribution in [2.45, 2.75) is 18.4 Å². The molecule has 0 amide bonds. The number of methoxy groups -OCH3 is 1. The highest BCUT2D eigenvalue weighted by atomic mass is 32.2. The maximum absolute atomic E-state index is 5.62. The highest BCUT2D eigenvalue weighted by molar-refractivity contribution is 7.99. The topological polar surface area (TPSA) is 73.1 Å². The lowest BCUT2D eigenvalue weighted by Gasteiger charge is -2.06. The Morgan fingerprint density at radius 1 is 1.50 bits per heavy atom. The van der Waals surface area contributed by atoms with E-state index in [4.69, 9.17) is 10.5 Å². The quantitative estimate of drug-likeness (QED) is 0.430. The highest BCUT2D eigenvalue weighted by Gasteiger charge is 2.02. The molecule has 1 aromatic heterocycles. The molecule has 6 heteroatoms. The maximum atomic E-state index is 5.62. The van der Waals surface area contributed by atoms with Gasteiger partial charge >= 0.3 is 0 Å². The van der Waals surface area contributed by atoms with Gasteiger partial charge in [0.2, 0.25) is 5.95 Å². The first-order chi connectivity index (χ1) is 7.76. The van der Waals surface area contributed by atoms with Gasteiger partial charge in [-0.25, -0.2) is 4.98 Å². The van der Waals surface area contributed by atoms with Gasteiger partial charge in [-0.1, -0.05) is 0 Å². The standard InChI is InChI=1S/C10H18N4OS/c1-3-12-8-7-9(14-10(11)13-8)16-6-4-5-15-2/h7H,3-6H2,1-2H3,(H3,11,12,13,14). The van der Waals surface area contributed by atoms with Gasteiger partial charge in [-0.3, -0.25) is 0 Å². The van der Waals surface area contributed by atoms with Crippen LogP contribution in [0, 0.1) is 0 Å². The Morgan fingerprint density at radius 3 is 3.00 bits per heavy atom. The molecule has 1 heterocycles. The fraction of sp³-hybridized carbons (Fsp3) is 0.600. The first kappa shape index (κ1) is 13.1. The van der Waals surface area contributed by atoms with Gasteiger partial charge in [-0.05, 0) is 13.3 Å². The second-order valence-electron chi connectivity index (χ2n) is 3.17. The molecule has 0 saturated heterocycles. The lowest BCUT2D eigenvalue weighted by molar-refractivity contribution is 0.200. The van der Waals surface area contributed by atoms with Gasteiger partial charge in [0, 0.05) is 32.1 Å². The normalized spacial score (nSPS) is 10.4. The van der Waals surface area contributed by atoms with E-state index in [0.29, 0.717) is 5.95 Å². The summed E-state index contributed by atoms with van der Waals surface area (Å²) in [4.78, 5) is 8.25. The molecular formula is C10H18N4OS. The molecule has 90 valence electrons. The van der Waals surface area contributed by atoms with Crippen LogP contribution in [0.25, 0.3) is 0 Å². The van der Waals surface area contributed by atoms with Gasteiger partial charge < -0.3 is 15.8 Å². The van der Waals surface area contributed by atoms with Crippen molar-refractivity contribution in [3.05, 3.63) is 6.07 Å². The molecule has 5 nitrogen and oxygen atoms in total. The largest absolute Gasteiger partial charge is 0.385 e. The minimum atomic E-state index is 0.313. The fourth-order valence-corrected chi connectivity index (χ4v) is 1.99. The molecule has 16 heavy (non-hydrogen) atoms. The van der Waals surface area contributed by atoms with Crippen molar-refractivity contribution < 1.29 is 4.74 Å². The van der Waals surface area contributed by atoms with E-state index in [1.807, 2.05) is 13.0 Å². The van der Waals surface area contributed by atoms with Crippen LogP contribution in [0.4, 0.5) is 11.8 Å². The summed E-state index contributed by atoms with van der Waals surface area (Å²) >= 11 is 1.66. The van der Waals surface area contributed by atoms with Crippen LogP contribution in [0.5, 0.6) is 0 Å². The molecule has 0 aliphatic carbocycles. The molecular weight excluding hydrogens is 224 g/mol. The second kappa shape index (κ2) is 7.29. The number of anilines is 2. The van der Waals surface area contributed by atoms with Crippen LogP contribution < -0.4 is 11.1 Å². The van der Waals surface area contributed by atoms with E-state index in [1.165, 1.54) is 0 Å². The molecule has 0 aliphatic heterocycles. The van der Waals surface area contributed by atoms with Crippen molar-refractivity contribution in [1.29, 1.82) is 0 Å². The summed E-state index contributed by atoms with van der Waals surface area (Å²) in [6.07, 6.45) is 1.00. The molecule has 0 bridgehead atoms.